The van der Waals surface area contributed by atoms with Crippen LogP contribution in [-0.4, -0.2) is 33.2 Å². The molecule has 2 aromatic heterocycles. The van der Waals surface area contributed by atoms with Crippen LogP contribution >= 0.6 is 34.7 Å². The molecule has 8 nitrogen and oxygen atoms in total. The second-order valence-corrected chi connectivity index (χ2v) is 10.6. The lowest BCUT2D eigenvalue weighted by Gasteiger charge is -2.19. The van der Waals surface area contributed by atoms with Gasteiger partial charge in [-0.15, -0.1) is 21.5 Å². The number of nitrogens with one attached hydrogen (secondary N) is 1. The minimum atomic E-state index is -0.645. The molecule has 0 spiro atoms. The fourth-order valence-corrected chi connectivity index (χ4v) is 6.75. The molecule has 1 amide bonds. The number of carbonyl (C=O) groups excluding carboxylic acids is 2. The molecule has 0 radical (unpaired) electrons. The first kappa shape index (κ1) is 25.5. The minimum absolute atomic E-state index is 0.157. The van der Waals surface area contributed by atoms with E-state index in [1.807, 2.05) is 31.2 Å². The van der Waals surface area contributed by atoms with Crippen LogP contribution in [0.4, 0.5) is 10.9 Å². The highest BCUT2D eigenvalue weighted by Crippen LogP contribution is 2.39. The summed E-state index contributed by atoms with van der Waals surface area (Å²) < 4.78 is 6.96. The maximum Gasteiger partial charge on any atom is 0.341 e. The maximum atomic E-state index is 13.5. The van der Waals surface area contributed by atoms with Crippen molar-refractivity contribution in [3.8, 4) is 0 Å². The van der Waals surface area contributed by atoms with Crippen LogP contribution in [0.3, 0.4) is 0 Å². The lowest BCUT2D eigenvalue weighted by atomic mass is 9.95. The molecule has 2 heterocycles. The third kappa shape index (κ3) is 5.49. The van der Waals surface area contributed by atoms with E-state index in [1.165, 1.54) is 23.1 Å². The maximum absolute atomic E-state index is 13.5. The number of hydrogen-bond donors (Lipinski definition) is 2. The Balaban J connectivity index is 1.59. The number of rotatable bonds is 9. The van der Waals surface area contributed by atoms with Crippen LogP contribution in [0.5, 0.6) is 0 Å². The molecule has 3 aromatic rings. The van der Waals surface area contributed by atoms with Gasteiger partial charge in [-0.2, -0.15) is 0 Å². The van der Waals surface area contributed by atoms with Crippen molar-refractivity contribution in [2.75, 3.05) is 17.7 Å². The van der Waals surface area contributed by atoms with E-state index in [-0.39, 0.29) is 18.5 Å². The number of hydrogen-bond acceptors (Lipinski definition) is 8. The fraction of sp³-hybridized carbons (Fsp3) is 0.417. The predicted molar refractivity (Wildman–Crippen MR) is 140 cm³/mol. The zero-order chi connectivity index (χ0) is 24.9. The van der Waals surface area contributed by atoms with Gasteiger partial charge in [0.05, 0.1) is 12.2 Å². The van der Waals surface area contributed by atoms with Gasteiger partial charge in [0.25, 0.3) is 0 Å². The van der Waals surface area contributed by atoms with Crippen LogP contribution in [0.15, 0.2) is 29.4 Å². The molecule has 3 N–H and O–H groups in total. The van der Waals surface area contributed by atoms with Gasteiger partial charge in [0.15, 0.2) is 5.16 Å². The van der Waals surface area contributed by atoms with Gasteiger partial charge in [-0.3, -0.25) is 9.36 Å². The van der Waals surface area contributed by atoms with Gasteiger partial charge in [-0.25, -0.2) is 4.79 Å². The van der Waals surface area contributed by atoms with E-state index < -0.39 is 12.0 Å². The molecule has 1 aliphatic rings. The lowest BCUT2D eigenvalue weighted by molar-refractivity contribution is -0.119. The number of aromatic nitrogens is 3. The van der Waals surface area contributed by atoms with E-state index in [1.54, 1.807) is 11.5 Å². The van der Waals surface area contributed by atoms with E-state index in [9.17, 15) is 9.59 Å². The number of amides is 1. The molecule has 186 valence electrons. The number of nitrogens with two attached hydrogens (primary N) is 1. The van der Waals surface area contributed by atoms with Crippen molar-refractivity contribution in [2.45, 2.75) is 62.9 Å². The SMILES string of the molecule is CCOC(=O)c1c(NC(=O)C(CC)n2c(N)nnc2SCc2ccccc2Cl)sc2c1CCCC2. The molecule has 4 rings (SSSR count). The minimum Gasteiger partial charge on any atom is -0.462 e. The Bertz CT molecular complexity index is 1230. The van der Waals surface area contributed by atoms with Gasteiger partial charge in [0.1, 0.15) is 11.0 Å². The van der Waals surface area contributed by atoms with Gasteiger partial charge in [0, 0.05) is 15.7 Å². The highest BCUT2D eigenvalue weighted by Gasteiger charge is 2.30. The Kier molecular flexibility index (Phi) is 8.35. The van der Waals surface area contributed by atoms with E-state index >= 15 is 0 Å². The van der Waals surface area contributed by atoms with Crippen LogP contribution < -0.4 is 11.1 Å². The summed E-state index contributed by atoms with van der Waals surface area (Å²) in [7, 11) is 0. The van der Waals surface area contributed by atoms with Crippen molar-refractivity contribution < 1.29 is 14.3 Å². The number of fused-ring (bicyclic) bond motifs is 1. The molecular weight excluding hydrogens is 506 g/mol. The number of carbonyl (C=O) groups is 2. The van der Waals surface area contributed by atoms with Crippen molar-refractivity contribution in [2.24, 2.45) is 0 Å². The number of benzene rings is 1. The number of anilines is 2. The molecule has 1 unspecified atom stereocenters. The van der Waals surface area contributed by atoms with Crippen molar-refractivity contribution in [1.82, 2.24) is 14.8 Å². The predicted octanol–water partition coefficient (Wildman–Crippen LogP) is 5.51. The highest BCUT2D eigenvalue weighted by molar-refractivity contribution is 7.98. The Hall–Kier alpha value is -2.56. The third-order valence-corrected chi connectivity index (χ3v) is 8.46. The summed E-state index contributed by atoms with van der Waals surface area (Å²) in [5, 5.41) is 12.9. The van der Waals surface area contributed by atoms with Gasteiger partial charge >= 0.3 is 5.97 Å². The normalized spacial score (nSPS) is 13.8. The zero-order valence-electron chi connectivity index (χ0n) is 19.7. The van der Waals surface area contributed by atoms with Crippen molar-refractivity contribution in [3.63, 3.8) is 0 Å². The lowest BCUT2D eigenvalue weighted by Crippen LogP contribution is -2.27. The summed E-state index contributed by atoms with van der Waals surface area (Å²) in [5.74, 6) is 0.0445. The molecule has 0 bridgehead atoms. The highest BCUT2D eigenvalue weighted by atomic mass is 35.5. The number of ether oxygens (including phenoxy) is 1. The first-order chi connectivity index (χ1) is 16.9. The standard InChI is InChI=1S/C24H28ClN5O3S2/c1-3-17(30-23(26)28-29-24(30)34-13-14-9-5-7-11-16(14)25)20(31)27-21-19(22(32)33-4-2)15-10-6-8-12-18(15)35-21/h5,7,9,11,17H,3-4,6,8,10,12-13H2,1-2H3,(H2,26,28)(H,27,31). The molecule has 35 heavy (non-hydrogen) atoms. The van der Waals surface area contributed by atoms with Crippen LogP contribution in [0.2, 0.25) is 5.02 Å². The Morgan fingerprint density at radius 3 is 2.77 bits per heavy atom. The largest absolute Gasteiger partial charge is 0.462 e. The monoisotopic (exact) mass is 533 g/mol. The fourth-order valence-electron chi connectivity index (χ4n) is 4.19. The molecule has 0 saturated heterocycles. The summed E-state index contributed by atoms with van der Waals surface area (Å²) in [6, 6.07) is 6.93. The summed E-state index contributed by atoms with van der Waals surface area (Å²) >= 11 is 9.17. The average molecular weight is 534 g/mol. The smallest absolute Gasteiger partial charge is 0.341 e. The molecule has 0 saturated carbocycles. The second kappa shape index (κ2) is 11.5. The molecule has 1 atom stereocenters. The number of aryl methyl sites for hydroxylation is 1. The first-order valence-electron chi connectivity index (χ1n) is 11.6. The van der Waals surface area contributed by atoms with E-state index in [0.717, 1.165) is 41.7 Å². The van der Waals surface area contributed by atoms with Crippen LogP contribution in [0.1, 0.15) is 65.5 Å². The number of nitrogens with zero attached hydrogens (tertiary/aromatic N) is 3. The van der Waals surface area contributed by atoms with Crippen molar-refractivity contribution >= 4 is 57.5 Å². The molecule has 1 aliphatic carbocycles. The zero-order valence-corrected chi connectivity index (χ0v) is 22.1. The third-order valence-electron chi connectivity index (χ3n) is 5.89. The average Bonchev–Trinajstić information content (AvgIpc) is 3.39. The van der Waals surface area contributed by atoms with E-state index in [4.69, 9.17) is 22.1 Å². The Morgan fingerprint density at radius 2 is 2.03 bits per heavy atom. The Labute approximate surface area is 217 Å². The Morgan fingerprint density at radius 1 is 1.26 bits per heavy atom. The van der Waals surface area contributed by atoms with Crippen LogP contribution in [0, 0.1) is 0 Å². The van der Waals surface area contributed by atoms with Crippen molar-refractivity contribution in [1.29, 1.82) is 0 Å². The molecular formula is C24H28ClN5O3S2. The number of halogens is 1. The first-order valence-corrected chi connectivity index (χ1v) is 13.8. The van der Waals surface area contributed by atoms with Crippen LogP contribution in [0.25, 0.3) is 0 Å². The van der Waals surface area contributed by atoms with E-state index in [2.05, 4.69) is 15.5 Å². The summed E-state index contributed by atoms with van der Waals surface area (Å²) in [6.07, 6.45) is 4.27. The van der Waals surface area contributed by atoms with E-state index in [0.29, 0.717) is 32.9 Å². The topological polar surface area (TPSA) is 112 Å². The number of nitrogen functional groups attached to an aromatic ring is 1. The second-order valence-electron chi connectivity index (χ2n) is 8.14. The number of thioether (sulfide) groups is 1. The summed E-state index contributed by atoms with van der Waals surface area (Å²) in [5.41, 5.74) is 8.58. The van der Waals surface area contributed by atoms with Gasteiger partial charge in [-0.05, 0) is 56.2 Å². The quantitative estimate of drug-likeness (QED) is 0.275. The van der Waals surface area contributed by atoms with Crippen molar-refractivity contribution in [3.05, 3.63) is 50.9 Å². The number of esters is 1. The number of thiophene rings is 1. The molecule has 1 aromatic carbocycles. The molecule has 0 aliphatic heterocycles. The van der Waals surface area contributed by atoms with Gasteiger partial charge in [-0.1, -0.05) is 48.5 Å². The van der Waals surface area contributed by atoms with Gasteiger partial charge < -0.3 is 15.8 Å². The van der Waals surface area contributed by atoms with Crippen LogP contribution in [-0.2, 0) is 28.1 Å². The molecule has 0 fully saturated rings. The summed E-state index contributed by atoms with van der Waals surface area (Å²) in [4.78, 5) is 27.4. The summed E-state index contributed by atoms with van der Waals surface area (Å²) in [6.45, 7) is 3.95. The molecule has 11 heteroatoms. The van der Waals surface area contributed by atoms with Gasteiger partial charge in [0.2, 0.25) is 11.9 Å².